The third-order valence-corrected chi connectivity index (χ3v) is 0.393. The van der Waals surface area contributed by atoms with Crippen LogP contribution in [0.15, 0.2) is 0 Å². The Morgan fingerprint density at radius 1 is 1.83 bits per heavy atom. The lowest BCUT2D eigenvalue weighted by molar-refractivity contribution is 0.416. The van der Waals surface area contributed by atoms with Gasteiger partial charge in [-0.05, 0) is 0 Å². The van der Waals surface area contributed by atoms with Crippen molar-refractivity contribution in [3.8, 4) is 0 Å². The molecule has 5 heteroatoms. The van der Waals surface area contributed by atoms with Gasteiger partial charge in [0, 0.05) is 0 Å². The van der Waals surface area contributed by atoms with Crippen LogP contribution in [0.1, 0.15) is 0 Å². The summed E-state index contributed by atoms with van der Waals surface area (Å²) in [4.78, 5) is 0. The highest BCUT2D eigenvalue weighted by molar-refractivity contribution is 7.74. The van der Waals surface area contributed by atoms with Gasteiger partial charge in [-0.25, -0.2) is 0 Å². The van der Waals surface area contributed by atoms with Crippen LogP contribution in [-0.4, -0.2) is 11.3 Å². The zero-order valence-corrected chi connectivity index (χ0v) is 4.13. The SMILES string of the molecule is COS(=O)F.N. The molecule has 0 aliphatic rings. The van der Waals surface area contributed by atoms with E-state index in [9.17, 15) is 3.89 Å². The first-order chi connectivity index (χ1) is 2.27. The second-order valence-electron chi connectivity index (χ2n) is 0.361. The zero-order chi connectivity index (χ0) is 4.28. The van der Waals surface area contributed by atoms with Gasteiger partial charge in [-0.2, -0.15) is 4.21 Å². The zero-order valence-electron chi connectivity index (χ0n) is 3.31. The molecule has 0 spiro atoms. The Morgan fingerprint density at radius 2 is 2.00 bits per heavy atom. The van der Waals surface area contributed by atoms with Crippen molar-refractivity contribution in [3.63, 3.8) is 0 Å². The second-order valence-corrected chi connectivity index (χ2v) is 1.08. The minimum Gasteiger partial charge on any atom is -0.344 e. The molecule has 0 aromatic carbocycles. The molecular weight excluding hydrogens is 109 g/mol. The molecule has 0 bridgehead atoms. The van der Waals surface area contributed by atoms with Gasteiger partial charge in [0.2, 0.25) is 0 Å². The third kappa shape index (κ3) is 9.00. The minimum absolute atomic E-state index is 0. The van der Waals surface area contributed by atoms with Gasteiger partial charge in [-0.1, -0.05) is 0 Å². The molecule has 40 valence electrons. The minimum atomic E-state index is -2.57. The molecule has 1 unspecified atom stereocenters. The third-order valence-electron chi connectivity index (χ3n) is 0.131. The van der Waals surface area contributed by atoms with Gasteiger partial charge in [-0.15, -0.1) is 3.89 Å². The predicted molar refractivity (Wildman–Crippen MR) is 21.3 cm³/mol. The fraction of sp³-hybridized carbons (Fsp3) is 1.00. The van der Waals surface area contributed by atoms with E-state index >= 15 is 0 Å². The van der Waals surface area contributed by atoms with Gasteiger partial charge < -0.3 is 6.15 Å². The molecule has 0 rings (SSSR count). The quantitative estimate of drug-likeness (QED) is 0.501. The van der Waals surface area contributed by atoms with Crippen molar-refractivity contribution in [2.24, 2.45) is 0 Å². The van der Waals surface area contributed by atoms with Crippen LogP contribution >= 0.6 is 0 Å². The van der Waals surface area contributed by atoms with E-state index in [0.29, 0.717) is 0 Å². The van der Waals surface area contributed by atoms with E-state index < -0.39 is 11.5 Å². The Morgan fingerprint density at radius 3 is 2.00 bits per heavy atom. The van der Waals surface area contributed by atoms with Crippen molar-refractivity contribution in [3.05, 3.63) is 0 Å². The Bertz CT molecular complexity index is 48.8. The van der Waals surface area contributed by atoms with Crippen molar-refractivity contribution >= 4 is 11.5 Å². The molecule has 0 aliphatic heterocycles. The van der Waals surface area contributed by atoms with E-state index in [1.54, 1.807) is 0 Å². The molecule has 3 N–H and O–H groups in total. The smallest absolute Gasteiger partial charge is 0.344 e. The van der Waals surface area contributed by atoms with Gasteiger partial charge in [0.1, 0.15) is 0 Å². The van der Waals surface area contributed by atoms with Crippen LogP contribution in [0.3, 0.4) is 0 Å². The highest BCUT2D eigenvalue weighted by Crippen LogP contribution is 1.75. The fourth-order valence-electron chi connectivity index (χ4n) is 0. The van der Waals surface area contributed by atoms with E-state index in [2.05, 4.69) is 4.18 Å². The average molecular weight is 115 g/mol. The summed E-state index contributed by atoms with van der Waals surface area (Å²) in [5.74, 6) is 0. The molecule has 0 aromatic rings. The summed E-state index contributed by atoms with van der Waals surface area (Å²) >= 11 is -2.57. The van der Waals surface area contributed by atoms with Crippen molar-refractivity contribution in [2.75, 3.05) is 7.11 Å². The first-order valence-electron chi connectivity index (χ1n) is 0.896. The lowest BCUT2D eigenvalue weighted by Gasteiger charge is -1.72. The topological polar surface area (TPSA) is 61.3 Å². The summed E-state index contributed by atoms with van der Waals surface area (Å²) in [6.45, 7) is 0. The second kappa shape index (κ2) is 5.00. The van der Waals surface area contributed by atoms with E-state index in [4.69, 9.17) is 4.21 Å². The monoisotopic (exact) mass is 115 g/mol. The number of rotatable bonds is 1. The Balaban J connectivity index is 0. The van der Waals surface area contributed by atoms with Crippen molar-refractivity contribution in [1.82, 2.24) is 6.15 Å². The summed E-state index contributed by atoms with van der Waals surface area (Å²) in [6, 6.07) is 0. The van der Waals surface area contributed by atoms with Gasteiger partial charge in [0.15, 0.2) is 0 Å². The molecule has 0 saturated carbocycles. The van der Waals surface area contributed by atoms with Crippen molar-refractivity contribution in [1.29, 1.82) is 0 Å². The molecule has 0 saturated heterocycles. The Kier molecular flexibility index (Phi) is 7.81. The van der Waals surface area contributed by atoms with E-state index in [1.165, 1.54) is 0 Å². The number of halogens is 1. The maximum Gasteiger partial charge on any atom is 0.344 e. The Hall–Kier alpha value is -0.0000000000000000208. The highest BCUT2D eigenvalue weighted by Gasteiger charge is 1.80. The molecular formula is CH6FNO2S. The van der Waals surface area contributed by atoms with Gasteiger partial charge in [0.25, 0.3) is 0 Å². The molecule has 0 fully saturated rings. The van der Waals surface area contributed by atoms with Crippen LogP contribution in [0.2, 0.25) is 0 Å². The molecule has 0 amide bonds. The summed E-state index contributed by atoms with van der Waals surface area (Å²) in [7, 11) is 1.02. The molecule has 0 aliphatic carbocycles. The maximum atomic E-state index is 10.7. The van der Waals surface area contributed by atoms with Crippen LogP contribution in [0.25, 0.3) is 0 Å². The number of hydrogen-bond acceptors (Lipinski definition) is 3. The molecule has 0 aromatic heterocycles. The van der Waals surface area contributed by atoms with E-state index in [-0.39, 0.29) is 6.15 Å². The maximum absolute atomic E-state index is 10.7. The lowest BCUT2D eigenvalue weighted by Crippen LogP contribution is -1.76. The van der Waals surface area contributed by atoms with Crippen molar-refractivity contribution < 1.29 is 12.3 Å². The fourth-order valence-corrected chi connectivity index (χ4v) is 0. The predicted octanol–water partition coefficient (Wildman–Crippen LogP) is 0.343. The first-order valence-corrected chi connectivity index (χ1v) is 1.87. The first kappa shape index (κ1) is 9.38. The normalized spacial score (nSPS) is 12.3. The highest BCUT2D eigenvalue weighted by atomic mass is 32.2. The van der Waals surface area contributed by atoms with Crippen molar-refractivity contribution in [2.45, 2.75) is 0 Å². The van der Waals surface area contributed by atoms with Crippen LogP contribution in [0.4, 0.5) is 3.89 Å². The largest absolute Gasteiger partial charge is 0.344 e. The van der Waals surface area contributed by atoms with Gasteiger partial charge >= 0.3 is 11.5 Å². The summed E-state index contributed by atoms with van der Waals surface area (Å²) < 4.78 is 23.3. The van der Waals surface area contributed by atoms with Crippen LogP contribution in [0.5, 0.6) is 0 Å². The van der Waals surface area contributed by atoms with E-state index in [0.717, 1.165) is 7.11 Å². The Labute approximate surface area is 38.0 Å². The molecule has 6 heavy (non-hydrogen) atoms. The molecule has 1 atom stereocenters. The number of hydrogen-bond donors (Lipinski definition) is 1. The summed E-state index contributed by atoms with van der Waals surface area (Å²) in [5.41, 5.74) is 0. The summed E-state index contributed by atoms with van der Waals surface area (Å²) in [5, 5.41) is 0. The molecule has 0 radical (unpaired) electrons. The lowest BCUT2D eigenvalue weighted by atomic mass is 11.8. The molecule has 0 heterocycles. The van der Waals surface area contributed by atoms with Gasteiger partial charge in [0.05, 0.1) is 7.11 Å². The standard InChI is InChI=1S/CH3FO2S.H3N/c1-4-5(2)3;/h1H3;1H3. The van der Waals surface area contributed by atoms with Crippen LogP contribution in [0, 0.1) is 0 Å². The summed E-state index contributed by atoms with van der Waals surface area (Å²) in [6.07, 6.45) is 0. The average Bonchev–Trinajstić information content (AvgIpc) is 1.38. The van der Waals surface area contributed by atoms with Crippen LogP contribution < -0.4 is 6.15 Å². The van der Waals surface area contributed by atoms with Crippen LogP contribution in [-0.2, 0) is 15.6 Å². The van der Waals surface area contributed by atoms with E-state index in [1.807, 2.05) is 0 Å². The van der Waals surface area contributed by atoms with Gasteiger partial charge in [-0.3, -0.25) is 4.18 Å². The molecule has 3 nitrogen and oxygen atoms in total.